The first-order chi connectivity index (χ1) is 12.0. The summed E-state index contributed by atoms with van der Waals surface area (Å²) in [5, 5.41) is 4.46. The van der Waals surface area contributed by atoms with Gasteiger partial charge in [0.2, 0.25) is 10.0 Å². The summed E-state index contributed by atoms with van der Waals surface area (Å²) in [4.78, 5) is 12.3. The Morgan fingerprint density at radius 1 is 1.31 bits per heavy atom. The number of amides is 1. The van der Waals surface area contributed by atoms with E-state index in [4.69, 9.17) is 11.6 Å². The van der Waals surface area contributed by atoms with Crippen molar-refractivity contribution in [3.63, 3.8) is 0 Å². The van der Waals surface area contributed by atoms with Crippen LogP contribution in [0.15, 0.2) is 28.2 Å². The second-order valence-electron chi connectivity index (χ2n) is 7.85. The van der Waals surface area contributed by atoms with E-state index < -0.39 is 15.9 Å². The molecule has 142 valence electrons. The zero-order valence-electron chi connectivity index (χ0n) is 15.4. The van der Waals surface area contributed by atoms with Crippen molar-refractivity contribution in [1.29, 1.82) is 0 Å². The molecule has 6 nitrogen and oxygen atoms in total. The highest BCUT2D eigenvalue weighted by Gasteiger charge is 2.60. The third-order valence-electron chi connectivity index (χ3n) is 6.56. The predicted octanol–water partition coefficient (Wildman–Crippen LogP) is 3.18. The fourth-order valence-electron chi connectivity index (χ4n) is 4.24. The minimum Gasteiger partial charge on any atom is -0.267 e. The second-order valence-corrected chi connectivity index (χ2v) is 10.1. The van der Waals surface area contributed by atoms with Gasteiger partial charge in [-0.3, -0.25) is 4.79 Å². The van der Waals surface area contributed by atoms with E-state index in [9.17, 15) is 13.2 Å². The first-order valence-corrected chi connectivity index (χ1v) is 10.5. The van der Waals surface area contributed by atoms with E-state index in [2.05, 4.69) is 36.0 Å². The summed E-state index contributed by atoms with van der Waals surface area (Å²) in [5.41, 5.74) is 3.97. The third-order valence-corrected chi connectivity index (χ3v) is 8.45. The van der Waals surface area contributed by atoms with Crippen molar-refractivity contribution in [1.82, 2.24) is 10.1 Å². The highest BCUT2D eigenvalue weighted by atomic mass is 35.5. The van der Waals surface area contributed by atoms with Crippen LogP contribution in [0, 0.1) is 16.7 Å². The molecule has 0 aromatic heterocycles. The van der Waals surface area contributed by atoms with Crippen LogP contribution >= 0.6 is 11.6 Å². The molecule has 0 saturated heterocycles. The molecule has 2 fully saturated rings. The number of sulfonamides is 1. The van der Waals surface area contributed by atoms with Crippen LogP contribution in [0.3, 0.4) is 0 Å². The number of carbonyl (C=O) groups is 1. The summed E-state index contributed by atoms with van der Waals surface area (Å²) in [6.07, 6.45) is 3.16. The third kappa shape index (κ3) is 2.86. The van der Waals surface area contributed by atoms with Gasteiger partial charge in [0.15, 0.2) is 0 Å². The van der Waals surface area contributed by atoms with Gasteiger partial charge in [-0.1, -0.05) is 32.4 Å². The smallest absolute Gasteiger partial charge is 0.267 e. The molecule has 8 heteroatoms. The minimum atomic E-state index is -3.75. The van der Waals surface area contributed by atoms with Crippen molar-refractivity contribution >= 4 is 33.2 Å². The van der Waals surface area contributed by atoms with Gasteiger partial charge in [0.1, 0.15) is 4.90 Å². The van der Waals surface area contributed by atoms with Crippen molar-refractivity contribution in [2.75, 3.05) is 7.05 Å². The molecule has 26 heavy (non-hydrogen) atoms. The lowest BCUT2D eigenvalue weighted by atomic mass is 9.70. The number of hydrogen-bond acceptors (Lipinski definition) is 4. The molecule has 0 radical (unpaired) electrons. The number of hydrogen-bond donors (Lipinski definition) is 2. The van der Waals surface area contributed by atoms with Crippen molar-refractivity contribution in [2.24, 2.45) is 21.8 Å². The van der Waals surface area contributed by atoms with Crippen LogP contribution in [0.4, 0.5) is 0 Å². The van der Waals surface area contributed by atoms with Crippen LogP contribution < -0.4 is 10.1 Å². The molecule has 2 saturated carbocycles. The molecule has 1 aromatic rings. The summed E-state index contributed by atoms with van der Waals surface area (Å²) in [5.74, 6) is 0.136. The highest BCUT2D eigenvalue weighted by molar-refractivity contribution is 7.89. The fraction of sp³-hybridized carbons (Fsp3) is 0.556. The Morgan fingerprint density at radius 3 is 2.54 bits per heavy atom. The van der Waals surface area contributed by atoms with Crippen LogP contribution in [0.5, 0.6) is 0 Å². The Bertz CT molecular complexity index is 895. The maximum absolute atomic E-state index is 12.5. The molecule has 1 amide bonds. The quantitative estimate of drug-likeness (QED) is 0.765. The summed E-state index contributed by atoms with van der Waals surface area (Å²) in [6, 6.07) is 4.14. The highest BCUT2D eigenvalue weighted by Crippen LogP contribution is 2.63. The van der Waals surface area contributed by atoms with E-state index in [-0.39, 0.29) is 26.3 Å². The molecular formula is C18H24ClN3O3S. The van der Waals surface area contributed by atoms with Crippen LogP contribution in [0.1, 0.15) is 50.4 Å². The van der Waals surface area contributed by atoms with Gasteiger partial charge >= 0.3 is 0 Å². The molecule has 2 N–H and O–H groups in total. The zero-order valence-corrected chi connectivity index (χ0v) is 17.0. The van der Waals surface area contributed by atoms with Crippen LogP contribution in [-0.4, -0.2) is 27.1 Å². The molecule has 2 bridgehead atoms. The summed E-state index contributed by atoms with van der Waals surface area (Å²) < 4.78 is 26.2. The normalized spacial score (nSPS) is 28.5. The average Bonchev–Trinajstić information content (AvgIpc) is 2.93. The van der Waals surface area contributed by atoms with Gasteiger partial charge in [-0.2, -0.15) is 5.10 Å². The monoisotopic (exact) mass is 397 g/mol. The van der Waals surface area contributed by atoms with Crippen molar-refractivity contribution in [3.05, 3.63) is 28.8 Å². The van der Waals surface area contributed by atoms with Crippen molar-refractivity contribution in [2.45, 2.75) is 44.9 Å². The number of hydrazone groups is 1. The molecule has 0 spiro atoms. The van der Waals surface area contributed by atoms with Gasteiger partial charge in [-0.05, 0) is 55.8 Å². The maximum Gasteiger partial charge on any atom is 0.271 e. The number of halogens is 1. The van der Waals surface area contributed by atoms with Gasteiger partial charge in [0, 0.05) is 16.7 Å². The minimum absolute atomic E-state index is 0.00836. The lowest BCUT2D eigenvalue weighted by Gasteiger charge is -2.34. The van der Waals surface area contributed by atoms with Crippen molar-refractivity contribution < 1.29 is 13.2 Å². The SMILES string of the molecule is CNS(=O)(=O)c1cc(C(=O)N/N=C2/C[C@@H]3CC[C@]2(C)C3(C)C)ccc1Cl. The Kier molecular flexibility index (Phi) is 4.70. The molecule has 0 unspecified atom stereocenters. The van der Waals surface area contributed by atoms with E-state index in [1.54, 1.807) is 0 Å². The zero-order chi connectivity index (χ0) is 19.3. The maximum atomic E-state index is 12.5. The molecular weight excluding hydrogens is 374 g/mol. The molecule has 2 atom stereocenters. The molecule has 1 aromatic carbocycles. The van der Waals surface area contributed by atoms with E-state index in [0.717, 1.165) is 18.6 Å². The van der Waals surface area contributed by atoms with Gasteiger partial charge in [-0.25, -0.2) is 18.6 Å². The summed E-state index contributed by atoms with van der Waals surface area (Å²) in [6.45, 7) is 6.75. The molecule has 3 rings (SSSR count). The Balaban J connectivity index is 1.83. The van der Waals surface area contributed by atoms with E-state index in [1.807, 2.05) is 0 Å². The van der Waals surface area contributed by atoms with Gasteiger partial charge < -0.3 is 0 Å². The lowest BCUT2D eigenvalue weighted by Crippen LogP contribution is -2.34. The van der Waals surface area contributed by atoms with Gasteiger partial charge in [0.05, 0.1) is 5.02 Å². The fourth-order valence-corrected chi connectivity index (χ4v) is 5.49. The number of fused-ring (bicyclic) bond motifs is 2. The average molecular weight is 398 g/mol. The first kappa shape index (κ1) is 19.3. The number of nitrogens with one attached hydrogen (secondary N) is 2. The first-order valence-electron chi connectivity index (χ1n) is 8.63. The van der Waals surface area contributed by atoms with E-state index in [0.29, 0.717) is 5.92 Å². The number of rotatable bonds is 4. The topological polar surface area (TPSA) is 87.6 Å². The van der Waals surface area contributed by atoms with Crippen LogP contribution in [0.25, 0.3) is 0 Å². The van der Waals surface area contributed by atoms with E-state index in [1.165, 1.54) is 31.7 Å². The number of benzene rings is 1. The van der Waals surface area contributed by atoms with Gasteiger partial charge in [0.25, 0.3) is 5.91 Å². The summed E-state index contributed by atoms with van der Waals surface area (Å²) >= 11 is 5.96. The Morgan fingerprint density at radius 2 is 2.00 bits per heavy atom. The lowest BCUT2D eigenvalue weighted by molar-refractivity contribution is 0.0953. The standard InChI is InChI=1S/C18H24ClN3O3S/c1-17(2)12-7-8-18(17,3)15(10-12)21-22-16(23)11-5-6-13(19)14(9-11)26(24,25)20-4/h5-6,9,12,20H,7-8,10H2,1-4H3,(H,22,23)/b21-15-/t12-,18-/m0/s1. The van der Waals surface area contributed by atoms with Crippen LogP contribution in [0.2, 0.25) is 5.02 Å². The molecule has 2 aliphatic rings. The van der Waals surface area contributed by atoms with Crippen LogP contribution in [-0.2, 0) is 10.0 Å². The van der Waals surface area contributed by atoms with Gasteiger partial charge in [-0.15, -0.1) is 0 Å². The van der Waals surface area contributed by atoms with E-state index >= 15 is 0 Å². The Hall–Kier alpha value is -1.44. The largest absolute Gasteiger partial charge is 0.271 e. The summed E-state index contributed by atoms with van der Waals surface area (Å²) in [7, 11) is -2.45. The number of nitrogens with zero attached hydrogens (tertiary/aromatic N) is 1. The molecule has 0 aliphatic heterocycles. The second kappa shape index (κ2) is 6.32. The molecule has 0 heterocycles. The molecule has 2 aliphatic carbocycles. The van der Waals surface area contributed by atoms with Crippen molar-refractivity contribution in [3.8, 4) is 0 Å². The predicted molar refractivity (Wildman–Crippen MR) is 102 cm³/mol. The Labute approximate surface area is 159 Å². The number of carbonyl (C=O) groups excluding carboxylic acids is 1.